The molecule has 1 aliphatic heterocycles. The number of hydrogen-bond acceptors (Lipinski definition) is 3. The average molecular weight is 314 g/mol. The molecule has 0 spiro atoms. The molecule has 0 aliphatic carbocycles. The molecule has 1 amide bonds. The zero-order chi connectivity index (χ0) is 16.7. The minimum absolute atomic E-state index is 0. The van der Waals surface area contributed by atoms with E-state index in [0.717, 1.165) is 30.7 Å². The van der Waals surface area contributed by atoms with Crippen LogP contribution in [0, 0.1) is 0 Å². The summed E-state index contributed by atoms with van der Waals surface area (Å²) in [6.45, 7) is 8.93. The lowest BCUT2D eigenvalue weighted by molar-refractivity contribution is -0.132. The second-order valence-corrected chi connectivity index (χ2v) is 5.65. The number of nitrogens with zero attached hydrogens (tertiary/aromatic N) is 1. The van der Waals surface area contributed by atoms with Crippen molar-refractivity contribution in [1.82, 2.24) is 10.2 Å². The molecule has 1 saturated heterocycles. The van der Waals surface area contributed by atoms with Gasteiger partial charge in [-0.3, -0.25) is 4.79 Å². The molecule has 1 aromatic rings. The number of benzene rings is 1. The number of allylic oxidation sites excluding steroid dienone is 3. The van der Waals surface area contributed by atoms with Crippen molar-refractivity contribution in [3.8, 4) is 5.75 Å². The van der Waals surface area contributed by atoms with Crippen molar-refractivity contribution in [2.24, 2.45) is 0 Å². The van der Waals surface area contributed by atoms with Crippen LogP contribution < -0.4 is 10.1 Å². The first-order chi connectivity index (χ1) is 11.1. The largest absolute Gasteiger partial charge is 0.458 e. The Bertz CT molecular complexity index is 590. The van der Waals surface area contributed by atoms with Crippen molar-refractivity contribution >= 4 is 5.91 Å². The van der Waals surface area contributed by atoms with Crippen LogP contribution in [0.25, 0.3) is 0 Å². The molecule has 1 heterocycles. The predicted octanol–water partition coefficient (Wildman–Crippen LogP) is 3.28. The van der Waals surface area contributed by atoms with Gasteiger partial charge in [-0.1, -0.05) is 37.4 Å². The molecule has 4 heteroatoms. The van der Waals surface area contributed by atoms with Gasteiger partial charge in [-0.25, -0.2) is 0 Å². The van der Waals surface area contributed by atoms with E-state index in [1.165, 1.54) is 0 Å². The number of carbonyl (C=O) groups excluding carboxylic acids is 1. The molecule has 0 bridgehead atoms. The fraction of sp³-hybridized carbons (Fsp3) is 0.316. The Labute approximate surface area is 139 Å². The van der Waals surface area contributed by atoms with Crippen LogP contribution in [0.3, 0.4) is 0 Å². The van der Waals surface area contributed by atoms with Gasteiger partial charge in [0.15, 0.2) is 0 Å². The fourth-order valence-electron chi connectivity index (χ4n) is 2.54. The fourth-order valence-corrected chi connectivity index (χ4v) is 2.54. The molecular weight excluding hydrogens is 288 g/mol. The summed E-state index contributed by atoms with van der Waals surface area (Å²) in [7, 11) is 1.84. The SMILES string of the molecule is C=C/C=C\C(=C)Oc1ccc(CN(C)C(=O)[C@@H]2CCCN2)cc1.[HH]. The topological polar surface area (TPSA) is 41.6 Å². The van der Waals surface area contributed by atoms with E-state index in [4.69, 9.17) is 4.74 Å². The van der Waals surface area contributed by atoms with E-state index in [1.807, 2.05) is 31.3 Å². The van der Waals surface area contributed by atoms with Crippen molar-refractivity contribution in [1.29, 1.82) is 0 Å². The van der Waals surface area contributed by atoms with Gasteiger partial charge in [0.1, 0.15) is 11.5 Å². The number of carbonyl (C=O) groups is 1. The summed E-state index contributed by atoms with van der Waals surface area (Å²) in [5.41, 5.74) is 1.07. The molecule has 0 saturated carbocycles. The Balaban J connectivity index is 0.00000288. The van der Waals surface area contributed by atoms with Gasteiger partial charge in [-0.05, 0) is 43.2 Å². The van der Waals surface area contributed by atoms with Gasteiger partial charge in [0, 0.05) is 15.0 Å². The highest BCUT2D eigenvalue weighted by Crippen LogP contribution is 2.17. The highest BCUT2D eigenvalue weighted by atomic mass is 16.5. The van der Waals surface area contributed by atoms with Crippen LogP contribution in [-0.4, -0.2) is 30.4 Å². The van der Waals surface area contributed by atoms with Crippen LogP contribution in [0.4, 0.5) is 0 Å². The normalized spacial score (nSPS) is 17.2. The smallest absolute Gasteiger partial charge is 0.239 e. The maximum Gasteiger partial charge on any atom is 0.239 e. The molecule has 1 atom stereocenters. The van der Waals surface area contributed by atoms with Crippen LogP contribution in [0.2, 0.25) is 0 Å². The third-order valence-corrected chi connectivity index (χ3v) is 3.74. The van der Waals surface area contributed by atoms with E-state index < -0.39 is 0 Å². The first-order valence-electron chi connectivity index (χ1n) is 7.83. The third kappa shape index (κ3) is 5.11. The number of likely N-dealkylation sites (N-methyl/N-ethyl adjacent to an activating group) is 1. The Hall–Kier alpha value is -2.33. The highest BCUT2D eigenvalue weighted by molar-refractivity contribution is 5.81. The first-order valence-corrected chi connectivity index (χ1v) is 7.83. The van der Waals surface area contributed by atoms with Crippen LogP contribution in [-0.2, 0) is 11.3 Å². The lowest BCUT2D eigenvalue weighted by atomic mass is 10.1. The van der Waals surface area contributed by atoms with E-state index in [1.54, 1.807) is 23.1 Å². The zero-order valence-electron chi connectivity index (χ0n) is 13.6. The molecular formula is C19H26N2O2. The van der Waals surface area contributed by atoms with Gasteiger partial charge < -0.3 is 15.0 Å². The summed E-state index contributed by atoms with van der Waals surface area (Å²) < 4.78 is 5.59. The van der Waals surface area contributed by atoms with Crippen molar-refractivity contribution in [2.75, 3.05) is 13.6 Å². The Kier molecular flexibility index (Phi) is 6.18. The van der Waals surface area contributed by atoms with E-state index in [9.17, 15) is 4.79 Å². The summed E-state index contributed by atoms with van der Waals surface area (Å²) in [5.74, 6) is 1.43. The van der Waals surface area contributed by atoms with E-state index in [2.05, 4.69) is 18.5 Å². The summed E-state index contributed by atoms with van der Waals surface area (Å²) >= 11 is 0. The molecule has 1 N–H and O–H groups in total. The van der Waals surface area contributed by atoms with E-state index in [0.29, 0.717) is 12.3 Å². The van der Waals surface area contributed by atoms with Gasteiger partial charge in [0.2, 0.25) is 5.91 Å². The van der Waals surface area contributed by atoms with Crippen molar-refractivity contribution < 1.29 is 11.0 Å². The van der Waals surface area contributed by atoms with Gasteiger partial charge in [0.05, 0.1) is 6.04 Å². The Morgan fingerprint density at radius 2 is 2.22 bits per heavy atom. The molecule has 0 unspecified atom stereocenters. The van der Waals surface area contributed by atoms with Gasteiger partial charge in [-0.2, -0.15) is 0 Å². The minimum atomic E-state index is -0.0254. The first kappa shape index (κ1) is 17.0. The third-order valence-electron chi connectivity index (χ3n) is 3.74. The number of nitrogens with one attached hydrogen (secondary N) is 1. The highest BCUT2D eigenvalue weighted by Gasteiger charge is 2.24. The summed E-state index contributed by atoms with van der Waals surface area (Å²) in [6.07, 6.45) is 7.19. The van der Waals surface area contributed by atoms with Crippen molar-refractivity contribution in [2.45, 2.75) is 25.4 Å². The monoisotopic (exact) mass is 314 g/mol. The molecule has 1 aliphatic rings. The van der Waals surface area contributed by atoms with E-state index in [-0.39, 0.29) is 13.4 Å². The summed E-state index contributed by atoms with van der Waals surface area (Å²) in [5, 5.41) is 3.24. The van der Waals surface area contributed by atoms with Gasteiger partial charge in [-0.15, -0.1) is 0 Å². The van der Waals surface area contributed by atoms with Gasteiger partial charge >= 0.3 is 0 Å². The maximum atomic E-state index is 12.3. The molecule has 23 heavy (non-hydrogen) atoms. The average Bonchev–Trinajstić information content (AvgIpc) is 3.08. The molecule has 1 fully saturated rings. The van der Waals surface area contributed by atoms with Crippen LogP contribution >= 0.6 is 0 Å². The number of rotatable bonds is 7. The quantitative estimate of drug-likeness (QED) is 0.620. The van der Waals surface area contributed by atoms with Crippen LogP contribution in [0.1, 0.15) is 19.8 Å². The van der Waals surface area contributed by atoms with Crippen LogP contribution in [0.15, 0.2) is 61.4 Å². The summed E-state index contributed by atoms with van der Waals surface area (Å²) in [4.78, 5) is 14.0. The zero-order valence-corrected chi connectivity index (χ0v) is 13.6. The molecule has 0 aromatic heterocycles. The molecule has 124 valence electrons. The molecule has 1 aromatic carbocycles. The minimum Gasteiger partial charge on any atom is -0.458 e. The summed E-state index contributed by atoms with van der Waals surface area (Å²) in [6, 6.07) is 7.67. The van der Waals surface area contributed by atoms with E-state index >= 15 is 0 Å². The van der Waals surface area contributed by atoms with Crippen molar-refractivity contribution in [3.63, 3.8) is 0 Å². The maximum absolute atomic E-state index is 12.3. The number of ether oxygens (including phenoxy) is 1. The lowest BCUT2D eigenvalue weighted by Gasteiger charge is -2.21. The van der Waals surface area contributed by atoms with Crippen molar-refractivity contribution in [3.05, 3.63) is 67.0 Å². The Morgan fingerprint density at radius 3 is 2.83 bits per heavy atom. The van der Waals surface area contributed by atoms with Crippen LogP contribution in [0.5, 0.6) is 5.75 Å². The lowest BCUT2D eigenvalue weighted by Crippen LogP contribution is -2.41. The molecule has 2 rings (SSSR count). The Morgan fingerprint density at radius 1 is 1.48 bits per heavy atom. The second-order valence-electron chi connectivity index (χ2n) is 5.65. The molecule has 4 nitrogen and oxygen atoms in total. The number of amides is 1. The van der Waals surface area contributed by atoms with Gasteiger partial charge in [0.25, 0.3) is 0 Å². The number of hydrogen-bond donors (Lipinski definition) is 1. The standard InChI is InChI=1S/C19H24N2O2.H2/c1-4-5-7-15(2)23-17-11-9-16(10-12-17)14-21(3)19(22)18-8-6-13-20-18;/h4-5,7,9-12,18,20H,1-2,6,8,13-14H2,3H3;1H/b7-5-;/t18-;/m0./s1. The predicted molar refractivity (Wildman–Crippen MR) is 95.2 cm³/mol. The molecule has 0 radical (unpaired) electrons. The second kappa shape index (κ2) is 8.34.